The summed E-state index contributed by atoms with van der Waals surface area (Å²) >= 11 is 1.41. The number of rotatable bonds is 4. The van der Waals surface area contributed by atoms with Gasteiger partial charge >= 0.3 is 12.0 Å². The minimum atomic E-state index is -1.24. The molecule has 110 valence electrons. The second-order valence-electron chi connectivity index (χ2n) is 4.23. The number of anilines is 1. The number of aromatic hydroxyl groups is 1. The minimum Gasteiger partial charge on any atom is -0.508 e. The van der Waals surface area contributed by atoms with Crippen molar-refractivity contribution in [2.45, 2.75) is 13.0 Å². The summed E-state index contributed by atoms with van der Waals surface area (Å²) in [4.78, 5) is 27.0. The van der Waals surface area contributed by atoms with Crippen LogP contribution in [-0.4, -0.2) is 27.2 Å². The molecule has 2 rings (SSSR count). The number of hydrogen-bond donors (Lipinski definition) is 4. The van der Waals surface area contributed by atoms with Crippen molar-refractivity contribution in [2.75, 3.05) is 5.32 Å². The van der Waals surface area contributed by atoms with Gasteiger partial charge in [-0.25, -0.2) is 14.6 Å². The van der Waals surface area contributed by atoms with Crippen LogP contribution in [0.4, 0.5) is 10.5 Å². The van der Waals surface area contributed by atoms with E-state index in [1.165, 1.54) is 23.5 Å². The molecule has 1 unspecified atom stereocenters. The van der Waals surface area contributed by atoms with Crippen LogP contribution in [0.2, 0.25) is 0 Å². The second-order valence-corrected chi connectivity index (χ2v) is 5.15. The summed E-state index contributed by atoms with van der Waals surface area (Å²) in [7, 11) is 0. The number of carbonyl (C=O) groups excluding carboxylic acids is 1. The Balaban J connectivity index is 2.08. The van der Waals surface area contributed by atoms with E-state index in [-0.39, 0.29) is 23.0 Å². The molecular formula is C13H13N3O4S. The maximum Gasteiger partial charge on any atom is 0.337 e. The average Bonchev–Trinajstić information content (AvgIpc) is 2.94. The molecule has 0 fully saturated rings. The van der Waals surface area contributed by atoms with Crippen molar-refractivity contribution in [1.82, 2.24) is 10.3 Å². The number of thiazole rings is 1. The molecule has 0 radical (unpaired) electrons. The van der Waals surface area contributed by atoms with Gasteiger partial charge in [0.05, 0.1) is 17.3 Å². The predicted molar refractivity (Wildman–Crippen MR) is 77.7 cm³/mol. The third-order valence-electron chi connectivity index (χ3n) is 2.65. The maximum absolute atomic E-state index is 11.9. The van der Waals surface area contributed by atoms with Crippen molar-refractivity contribution in [1.29, 1.82) is 0 Å². The lowest BCUT2D eigenvalue weighted by Crippen LogP contribution is -2.31. The van der Waals surface area contributed by atoms with E-state index in [4.69, 9.17) is 5.11 Å². The Kier molecular flexibility index (Phi) is 4.39. The van der Waals surface area contributed by atoms with Crippen molar-refractivity contribution in [3.8, 4) is 5.75 Å². The van der Waals surface area contributed by atoms with Crippen molar-refractivity contribution < 1.29 is 19.8 Å². The Labute approximate surface area is 124 Å². The van der Waals surface area contributed by atoms with Gasteiger partial charge in [0.15, 0.2) is 0 Å². The van der Waals surface area contributed by atoms with Gasteiger partial charge < -0.3 is 20.8 Å². The lowest BCUT2D eigenvalue weighted by Gasteiger charge is -2.13. The van der Waals surface area contributed by atoms with E-state index in [2.05, 4.69) is 15.6 Å². The zero-order valence-electron chi connectivity index (χ0n) is 11.0. The molecule has 1 heterocycles. The van der Waals surface area contributed by atoms with Crippen LogP contribution < -0.4 is 10.6 Å². The largest absolute Gasteiger partial charge is 0.508 e. The maximum atomic E-state index is 11.9. The molecule has 0 saturated heterocycles. The molecule has 0 spiro atoms. The summed E-state index contributed by atoms with van der Waals surface area (Å²) in [5, 5.41) is 26.0. The lowest BCUT2D eigenvalue weighted by atomic mass is 10.1. The van der Waals surface area contributed by atoms with Crippen LogP contribution in [-0.2, 0) is 0 Å². The SMILES string of the molecule is CC(NC(=O)Nc1ccc(O)cc1C(=O)O)c1nccs1. The average molecular weight is 307 g/mol. The number of nitrogens with one attached hydrogen (secondary N) is 2. The zero-order valence-corrected chi connectivity index (χ0v) is 11.8. The van der Waals surface area contributed by atoms with Crippen molar-refractivity contribution >= 4 is 29.0 Å². The number of carboxylic acids is 1. The van der Waals surface area contributed by atoms with Crippen molar-refractivity contribution in [3.63, 3.8) is 0 Å². The lowest BCUT2D eigenvalue weighted by molar-refractivity contribution is 0.0697. The summed E-state index contributed by atoms with van der Waals surface area (Å²) in [5.74, 6) is -1.43. The molecule has 2 aromatic rings. The molecule has 21 heavy (non-hydrogen) atoms. The molecule has 2 amide bonds. The minimum absolute atomic E-state index is 0.101. The normalized spacial score (nSPS) is 11.7. The highest BCUT2D eigenvalue weighted by molar-refractivity contribution is 7.09. The number of amides is 2. The molecule has 8 heteroatoms. The number of aromatic carboxylic acids is 1. The van der Waals surface area contributed by atoms with E-state index in [1.54, 1.807) is 18.5 Å². The Morgan fingerprint density at radius 3 is 2.76 bits per heavy atom. The van der Waals surface area contributed by atoms with E-state index in [9.17, 15) is 14.7 Å². The van der Waals surface area contributed by atoms with Gasteiger partial charge in [-0.1, -0.05) is 0 Å². The Hall–Kier alpha value is -2.61. The van der Waals surface area contributed by atoms with E-state index in [1.807, 2.05) is 0 Å². The van der Waals surface area contributed by atoms with Gasteiger partial charge in [0.25, 0.3) is 0 Å². The fourth-order valence-corrected chi connectivity index (χ4v) is 2.33. The Morgan fingerprint density at radius 2 is 2.14 bits per heavy atom. The third-order valence-corrected chi connectivity index (χ3v) is 3.61. The predicted octanol–water partition coefficient (Wildman–Crippen LogP) is 2.43. The van der Waals surface area contributed by atoms with Crippen LogP contribution in [0, 0.1) is 0 Å². The number of carbonyl (C=O) groups is 2. The standard InChI is InChI=1S/C13H13N3O4S/c1-7(11-14-4-5-21-11)15-13(20)16-10-3-2-8(17)6-9(10)12(18)19/h2-7,17H,1H3,(H,18,19)(H2,15,16,20). The van der Waals surface area contributed by atoms with E-state index in [0.717, 1.165) is 11.1 Å². The molecule has 0 saturated carbocycles. The smallest absolute Gasteiger partial charge is 0.337 e. The molecule has 1 aromatic carbocycles. The zero-order chi connectivity index (χ0) is 15.4. The molecule has 0 aliphatic carbocycles. The van der Waals surface area contributed by atoms with Gasteiger partial charge in [0.1, 0.15) is 10.8 Å². The number of phenolic OH excluding ortho intramolecular Hbond substituents is 1. The molecule has 1 aromatic heterocycles. The van der Waals surface area contributed by atoms with Crippen molar-refractivity contribution in [3.05, 3.63) is 40.3 Å². The fraction of sp³-hybridized carbons (Fsp3) is 0.154. The highest BCUT2D eigenvalue weighted by Gasteiger charge is 2.16. The number of phenols is 1. The fourth-order valence-electron chi connectivity index (χ4n) is 1.68. The molecule has 4 N–H and O–H groups in total. The number of nitrogens with zero attached hydrogens (tertiary/aromatic N) is 1. The second kappa shape index (κ2) is 6.23. The molecular weight excluding hydrogens is 294 g/mol. The van der Waals surface area contributed by atoms with Crippen LogP contribution in [0.5, 0.6) is 5.75 Å². The third kappa shape index (κ3) is 3.69. The van der Waals surface area contributed by atoms with Crippen LogP contribution >= 0.6 is 11.3 Å². The van der Waals surface area contributed by atoms with Gasteiger partial charge in [-0.2, -0.15) is 0 Å². The molecule has 0 bridgehead atoms. The monoisotopic (exact) mass is 307 g/mol. The van der Waals surface area contributed by atoms with Crippen molar-refractivity contribution in [2.24, 2.45) is 0 Å². The topological polar surface area (TPSA) is 112 Å². The van der Waals surface area contributed by atoms with Crippen LogP contribution in [0.1, 0.15) is 28.3 Å². The van der Waals surface area contributed by atoms with Crippen LogP contribution in [0.25, 0.3) is 0 Å². The molecule has 7 nitrogen and oxygen atoms in total. The van der Waals surface area contributed by atoms with E-state index >= 15 is 0 Å². The van der Waals surface area contributed by atoms with Gasteiger partial charge in [-0.05, 0) is 25.1 Å². The number of carboxylic acid groups (broad SMARTS) is 1. The highest BCUT2D eigenvalue weighted by atomic mass is 32.1. The first kappa shape index (κ1) is 14.8. The summed E-state index contributed by atoms with van der Waals surface area (Å²) in [6, 6.07) is 2.85. The summed E-state index contributed by atoms with van der Waals surface area (Å²) in [6.45, 7) is 1.77. The molecule has 0 aliphatic heterocycles. The van der Waals surface area contributed by atoms with Gasteiger partial charge in [0, 0.05) is 11.6 Å². The summed E-state index contributed by atoms with van der Waals surface area (Å²) < 4.78 is 0. The first-order chi connectivity index (χ1) is 9.97. The van der Waals surface area contributed by atoms with Gasteiger partial charge in [0.2, 0.25) is 0 Å². The number of aromatic nitrogens is 1. The molecule has 0 aliphatic rings. The first-order valence-electron chi connectivity index (χ1n) is 6.00. The number of hydrogen-bond acceptors (Lipinski definition) is 5. The van der Waals surface area contributed by atoms with E-state index in [0.29, 0.717) is 0 Å². The molecule has 1 atom stereocenters. The summed E-state index contributed by atoms with van der Waals surface area (Å²) in [6.07, 6.45) is 1.64. The number of urea groups is 1. The van der Waals surface area contributed by atoms with Crippen LogP contribution in [0.3, 0.4) is 0 Å². The first-order valence-corrected chi connectivity index (χ1v) is 6.88. The Bertz CT molecular complexity index is 657. The summed E-state index contributed by atoms with van der Waals surface area (Å²) in [5.41, 5.74) is -0.0869. The van der Waals surface area contributed by atoms with Gasteiger partial charge in [-0.3, -0.25) is 0 Å². The number of benzene rings is 1. The van der Waals surface area contributed by atoms with Crippen LogP contribution in [0.15, 0.2) is 29.8 Å². The van der Waals surface area contributed by atoms with E-state index < -0.39 is 12.0 Å². The van der Waals surface area contributed by atoms with Gasteiger partial charge in [-0.15, -0.1) is 11.3 Å². The quantitative estimate of drug-likeness (QED) is 0.648. The Morgan fingerprint density at radius 1 is 1.38 bits per heavy atom. The highest BCUT2D eigenvalue weighted by Crippen LogP contribution is 2.21.